The lowest BCUT2D eigenvalue weighted by molar-refractivity contribution is 0.0865. The van der Waals surface area contributed by atoms with Crippen molar-refractivity contribution in [2.45, 2.75) is 57.6 Å². The van der Waals surface area contributed by atoms with Crippen LogP contribution >= 0.6 is 0 Å². The first-order chi connectivity index (χ1) is 9.88. The minimum atomic E-state index is 0.475. The number of hydrogen-bond acceptors (Lipinski definition) is 2. The number of benzene rings is 1. The van der Waals surface area contributed by atoms with Gasteiger partial charge in [0.05, 0.1) is 6.10 Å². The Morgan fingerprint density at radius 1 is 1.20 bits per heavy atom. The highest BCUT2D eigenvalue weighted by atomic mass is 16.5. The van der Waals surface area contributed by atoms with E-state index in [0.717, 1.165) is 19.6 Å². The second kappa shape index (κ2) is 6.73. The molecule has 2 nitrogen and oxygen atoms in total. The standard InChI is InChI=1S/C18H27NO/c1-2-18-15(11-12-20-18)13-19-17-10-6-4-8-14-7-3-5-9-16(14)17/h3,5,7,9,15,17-19H,2,4,6,8,10-13H2,1H3. The van der Waals surface area contributed by atoms with Gasteiger partial charge in [0.2, 0.25) is 0 Å². The minimum absolute atomic E-state index is 0.475. The number of hydrogen-bond donors (Lipinski definition) is 1. The normalized spacial score (nSPS) is 29.9. The van der Waals surface area contributed by atoms with E-state index in [0.29, 0.717) is 18.1 Å². The number of nitrogens with one attached hydrogen (secondary N) is 1. The topological polar surface area (TPSA) is 21.3 Å². The van der Waals surface area contributed by atoms with Gasteiger partial charge in [-0.05, 0) is 49.1 Å². The molecule has 0 radical (unpaired) electrons. The van der Waals surface area contributed by atoms with E-state index in [4.69, 9.17) is 4.74 Å². The van der Waals surface area contributed by atoms with Gasteiger partial charge in [0.25, 0.3) is 0 Å². The predicted molar refractivity (Wildman–Crippen MR) is 82.9 cm³/mol. The van der Waals surface area contributed by atoms with E-state index in [1.54, 1.807) is 5.56 Å². The van der Waals surface area contributed by atoms with Crippen LogP contribution in [-0.4, -0.2) is 19.3 Å². The molecule has 2 heteroatoms. The summed E-state index contributed by atoms with van der Waals surface area (Å²) in [7, 11) is 0. The van der Waals surface area contributed by atoms with Crippen LogP contribution in [0.4, 0.5) is 0 Å². The maximum atomic E-state index is 5.81. The molecule has 1 fully saturated rings. The smallest absolute Gasteiger partial charge is 0.0613 e. The molecule has 1 N–H and O–H groups in total. The van der Waals surface area contributed by atoms with Gasteiger partial charge in [0.15, 0.2) is 0 Å². The molecule has 0 bridgehead atoms. The van der Waals surface area contributed by atoms with Gasteiger partial charge in [-0.1, -0.05) is 37.6 Å². The zero-order valence-electron chi connectivity index (χ0n) is 12.6. The van der Waals surface area contributed by atoms with Crippen LogP contribution in [0.25, 0.3) is 0 Å². The van der Waals surface area contributed by atoms with E-state index in [2.05, 4.69) is 36.5 Å². The number of aryl methyl sites for hydroxylation is 1. The Labute approximate surface area is 122 Å². The number of fused-ring (bicyclic) bond motifs is 1. The fraction of sp³-hybridized carbons (Fsp3) is 0.667. The third-order valence-corrected chi connectivity index (χ3v) is 4.99. The summed E-state index contributed by atoms with van der Waals surface area (Å²) in [6.07, 6.45) is 8.04. The molecule has 3 unspecified atom stereocenters. The third kappa shape index (κ3) is 3.07. The van der Waals surface area contributed by atoms with E-state index in [9.17, 15) is 0 Å². The van der Waals surface area contributed by atoms with Crippen molar-refractivity contribution in [2.24, 2.45) is 5.92 Å². The molecular formula is C18H27NO. The molecule has 1 aromatic rings. The van der Waals surface area contributed by atoms with Crippen LogP contribution < -0.4 is 5.32 Å². The van der Waals surface area contributed by atoms with Gasteiger partial charge in [-0.15, -0.1) is 0 Å². The van der Waals surface area contributed by atoms with Crippen LogP contribution in [0.15, 0.2) is 24.3 Å². The van der Waals surface area contributed by atoms with Crippen LogP contribution in [0.2, 0.25) is 0 Å². The fourth-order valence-corrected chi connectivity index (χ4v) is 3.80. The molecule has 3 atom stereocenters. The van der Waals surface area contributed by atoms with Gasteiger partial charge in [0, 0.05) is 19.2 Å². The third-order valence-electron chi connectivity index (χ3n) is 4.99. The predicted octanol–water partition coefficient (Wildman–Crippen LogP) is 3.86. The van der Waals surface area contributed by atoms with Crippen LogP contribution in [0.3, 0.4) is 0 Å². The Hall–Kier alpha value is -0.860. The van der Waals surface area contributed by atoms with E-state index >= 15 is 0 Å². The van der Waals surface area contributed by atoms with Crippen LogP contribution in [0.5, 0.6) is 0 Å². The Kier molecular flexibility index (Phi) is 4.74. The van der Waals surface area contributed by atoms with E-state index in [1.807, 2.05) is 0 Å². The summed E-state index contributed by atoms with van der Waals surface area (Å²) in [6.45, 7) is 4.30. The molecule has 0 spiro atoms. The van der Waals surface area contributed by atoms with Crippen molar-refractivity contribution in [1.82, 2.24) is 5.32 Å². The molecule has 20 heavy (non-hydrogen) atoms. The maximum absolute atomic E-state index is 5.81. The molecule has 0 aromatic heterocycles. The lowest BCUT2D eigenvalue weighted by Gasteiger charge is -2.23. The highest BCUT2D eigenvalue weighted by molar-refractivity contribution is 5.31. The Morgan fingerprint density at radius 2 is 2.10 bits per heavy atom. The summed E-state index contributed by atoms with van der Waals surface area (Å²) in [5, 5.41) is 3.84. The number of ether oxygens (including phenoxy) is 1. The molecule has 3 rings (SSSR count). The molecule has 110 valence electrons. The molecule has 1 heterocycles. The highest BCUT2D eigenvalue weighted by Gasteiger charge is 2.27. The summed E-state index contributed by atoms with van der Waals surface area (Å²) in [4.78, 5) is 0. The molecule has 0 amide bonds. The molecule has 1 aliphatic heterocycles. The summed E-state index contributed by atoms with van der Waals surface area (Å²) < 4.78 is 5.81. The van der Waals surface area contributed by atoms with Gasteiger partial charge < -0.3 is 10.1 Å². The van der Waals surface area contributed by atoms with Crippen molar-refractivity contribution in [1.29, 1.82) is 0 Å². The highest BCUT2D eigenvalue weighted by Crippen LogP contribution is 2.30. The lowest BCUT2D eigenvalue weighted by Crippen LogP contribution is -2.31. The molecule has 1 saturated heterocycles. The van der Waals surface area contributed by atoms with Crippen molar-refractivity contribution in [3.63, 3.8) is 0 Å². The van der Waals surface area contributed by atoms with Crippen molar-refractivity contribution in [3.8, 4) is 0 Å². The summed E-state index contributed by atoms with van der Waals surface area (Å²) in [5.74, 6) is 0.704. The fourth-order valence-electron chi connectivity index (χ4n) is 3.80. The van der Waals surface area contributed by atoms with Crippen molar-refractivity contribution in [3.05, 3.63) is 35.4 Å². The number of rotatable bonds is 4. The molecule has 1 aliphatic carbocycles. The zero-order valence-corrected chi connectivity index (χ0v) is 12.6. The van der Waals surface area contributed by atoms with Gasteiger partial charge in [-0.25, -0.2) is 0 Å². The van der Waals surface area contributed by atoms with Crippen LogP contribution in [0, 0.1) is 5.92 Å². The Morgan fingerprint density at radius 3 is 3.00 bits per heavy atom. The Bertz CT molecular complexity index is 431. The SMILES string of the molecule is CCC1OCCC1CNC1CCCCc2ccccc21. The van der Waals surface area contributed by atoms with Crippen molar-refractivity contribution >= 4 is 0 Å². The monoisotopic (exact) mass is 273 g/mol. The average molecular weight is 273 g/mol. The minimum Gasteiger partial charge on any atom is -0.378 e. The van der Waals surface area contributed by atoms with E-state index < -0.39 is 0 Å². The Balaban J connectivity index is 1.65. The van der Waals surface area contributed by atoms with E-state index in [-0.39, 0.29) is 0 Å². The van der Waals surface area contributed by atoms with Crippen LogP contribution in [-0.2, 0) is 11.2 Å². The average Bonchev–Trinajstić information content (AvgIpc) is 2.85. The van der Waals surface area contributed by atoms with Gasteiger partial charge >= 0.3 is 0 Å². The van der Waals surface area contributed by atoms with Gasteiger partial charge in [-0.3, -0.25) is 0 Å². The molecule has 0 saturated carbocycles. The second-order valence-corrected chi connectivity index (χ2v) is 6.27. The zero-order chi connectivity index (χ0) is 13.8. The van der Waals surface area contributed by atoms with Crippen molar-refractivity contribution in [2.75, 3.05) is 13.2 Å². The molecule has 1 aromatic carbocycles. The largest absolute Gasteiger partial charge is 0.378 e. The summed E-state index contributed by atoms with van der Waals surface area (Å²) in [6, 6.07) is 9.54. The van der Waals surface area contributed by atoms with Crippen molar-refractivity contribution < 1.29 is 4.74 Å². The summed E-state index contributed by atoms with van der Waals surface area (Å²) >= 11 is 0. The first-order valence-corrected chi connectivity index (χ1v) is 8.31. The van der Waals surface area contributed by atoms with Crippen LogP contribution in [0.1, 0.15) is 56.2 Å². The summed E-state index contributed by atoms with van der Waals surface area (Å²) in [5.41, 5.74) is 3.09. The maximum Gasteiger partial charge on any atom is 0.0613 e. The van der Waals surface area contributed by atoms with Gasteiger partial charge in [0.1, 0.15) is 0 Å². The quantitative estimate of drug-likeness (QED) is 0.841. The first kappa shape index (κ1) is 14.1. The molecule has 2 aliphatic rings. The second-order valence-electron chi connectivity index (χ2n) is 6.27. The first-order valence-electron chi connectivity index (χ1n) is 8.31. The molecular weight excluding hydrogens is 246 g/mol. The van der Waals surface area contributed by atoms with E-state index in [1.165, 1.54) is 37.7 Å². The lowest BCUT2D eigenvalue weighted by atomic mass is 9.96. The van der Waals surface area contributed by atoms with Gasteiger partial charge in [-0.2, -0.15) is 0 Å².